The van der Waals surface area contributed by atoms with Gasteiger partial charge < -0.3 is 10.0 Å². The van der Waals surface area contributed by atoms with Crippen LogP contribution in [0, 0.1) is 0 Å². The summed E-state index contributed by atoms with van der Waals surface area (Å²) >= 11 is 0. The van der Waals surface area contributed by atoms with E-state index in [0.29, 0.717) is 24.0 Å². The van der Waals surface area contributed by atoms with Crippen LogP contribution >= 0.6 is 0 Å². The van der Waals surface area contributed by atoms with Crippen LogP contribution in [-0.4, -0.2) is 52.1 Å². The number of rotatable bonds is 9. The lowest BCUT2D eigenvalue weighted by Gasteiger charge is -2.39. The summed E-state index contributed by atoms with van der Waals surface area (Å²) in [5.41, 5.74) is 5.82. The zero-order valence-corrected chi connectivity index (χ0v) is 22.7. The summed E-state index contributed by atoms with van der Waals surface area (Å²) in [4.78, 5) is 25.9. The molecule has 0 spiro atoms. The highest BCUT2D eigenvalue weighted by atomic mass is 16.4. The van der Waals surface area contributed by atoms with E-state index in [-0.39, 0.29) is 11.6 Å². The molecule has 1 saturated heterocycles. The highest BCUT2D eigenvalue weighted by Gasteiger charge is 2.28. The molecule has 39 heavy (non-hydrogen) atoms. The molecule has 0 bridgehead atoms. The van der Waals surface area contributed by atoms with Crippen molar-refractivity contribution in [2.45, 2.75) is 38.6 Å². The molecule has 5 rings (SSSR count). The molecule has 6 nitrogen and oxygen atoms in total. The first kappa shape index (κ1) is 26.6. The number of hydrogen-bond acceptors (Lipinski definition) is 5. The Kier molecular flexibility index (Phi) is 8.33. The molecule has 1 fully saturated rings. The molecule has 0 saturated carbocycles. The van der Waals surface area contributed by atoms with Crippen LogP contribution in [0.4, 0.5) is 5.95 Å². The largest absolute Gasteiger partial charge is 0.478 e. The van der Waals surface area contributed by atoms with Crippen molar-refractivity contribution in [3.05, 3.63) is 125 Å². The minimum absolute atomic E-state index is 0.183. The predicted molar refractivity (Wildman–Crippen MR) is 155 cm³/mol. The maximum absolute atomic E-state index is 11.9. The van der Waals surface area contributed by atoms with E-state index in [0.717, 1.165) is 32.6 Å². The quantitative estimate of drug-likeness (QED) is 0.292. The number of aryl methyl sites for hydroxylation is 2. The van der Waals surface area contributed by atoms with E-state index in [1.54, 1.807) is 0 Å². The minimum atomic E-state index is -0.981. The van der Waals surface area contributed by atoms with Crippen molar-refractivity contribution in [1.29, 1.82) is 0 Å². The van der Waals surface area contributed by atoms with E-state index in [4.69, 9.17) is 4.98 Å². The average molecular weight is 521 g/mol. The van der Waals surface area contributed by atoms with Gasteiger partial charge in [0.25, 0.3) is 0 Å². The van der Waals surface area contributed by atoms with Crippen molar-refractivity contribution in [2.75, 3.05) is 31.1 Å². The van der Waals surface area contributed by atoms with Crippen LogP contribution in [0.3, 0.4) is 0 Å². The number of carbonyl (C=O) groups is 1. The molecule has 2 heterocycles. The van der Waals surface area contributed by atoms with Gasteiger partial charge in [-0.1, -0.05) is 98.8 Å². The third-order valence-corrected chi connectivity index (χ3v) is 7.58. The number of benzene rings is 3. The summed E-state index contributed by atoms with van der Waals surface area (Å²) in [7, 11) is 0. The first-order valence-electron chi connectivity index (χ1n) is 13.8. The molecular weight excluding hydrogens is 484 g/mol. The van der Waals surface area contributed by atoms with E-state index >= 15 is 0 Å². The fourth-order valence-electron chi connectivity index (χ4n) is 5.32. The van der Waals surface area contributed by atoms with Gasteiger partial charge in [-0.25, -0.2) is 14.8 Å². The van der Waals surface area contributed by atoms with Crippen molar-refractivity contribution in [3.8, 4) is 0 Å². The minimum Gasteiger partial charge on any atom is -0.478 e. The van der Waals surface area contributed by atoms with Crippen LogP contribution < -0.4 is 4.90 Å². The van der Waals surface area contributed by atoms with Gasteiger partial charge in [-0.2, -0.15) is 0 Å². The lowest BCUT2D eigenvalue weighted by atomic mass is 9.96. The van der Waals surface area contributed by atoms with Gasteiger partial charge in [-0.3, -0.25) is 4.90 Å². The molecule has 1 aliphatic rings. The maximum atomic E-state index is 11.9. The number of carboxylic acids is 1. The summed E-state index contributed by atoms with van der Waals surface area (Å²) < 4.78 is 0. The van der Waals surface area contributed by atoms with Gasteiger partial charge >= 0.3 is 5.97 Å². The van der Waals surface area contributed by atoms with Gasteiger partial charge in [0.15, 0.2) is 0 Å². The van der Waals surface area contributed by atoms with E-state index in [1.807, 2.05) is 0 Å². The fourth-order valence-corrected chi connectivity index (χ4v) is 5.32. The lowest BCUT2D eigenvalue weighted by Crippen LogP contribution is -2.48. The molecule has 6 heteroatoms. The maximum Gasteiger partial charge on any atom is 0.339 e. The van der Waals surface area contributed by atoms with Gasteiger partial charge in [0, 0.05) is 32.4 Å². The highest BCUT2D eigenvalue weighted by molar-refractivity contribution is 5.88. The Balaban J connectivity index is 1.30. The van der Waals surface area contributed by atoms with E-state index in [2.05, 4.69) is 114 Å². The molecular formula is C33H36N4O2. The Bertz CT molecular complexity index is 1330. The van der Waals surface area contributed by atoms with Gasteiger partial charge in [-0.15, -0.1) is 0 Å². The second kappa shape index (κ2) is 12.2. The Morgan fingerprint density at radius 1 is 0.795 bits per heavy atom. The Labute approximate surface area is 231 Å². The smallest absolute Gasteiger partial charge is 0.339 e. The van der Waals surface area contributed by atoms with Crippen LogP contribution in [0.5, 0.6) is 0 Å². The Hall–Kier alpha value is -4.03. The lowest BCUT2D eigenvalue weighted by molar-refractivity contribution is 0.0694. The van der Waals surface area contributed by atoms with Gasteiger partial charge in [0.05, 0.1) is 17.3 Å². The molecule has 0 aliphatic carbocycles. The van der Waals surface area contributed by atoms with Crippen molar-refractivity contribution < 1.29 is 9.90 Å². The van der Waals surface area contributed by atoms with Crippen molar-refractivity contribution in [2.24, 2.45) is 0 Å². The van der Waals surface area contributed by atoms with E-state index in [1.165, 1.54) is 28.5 Å². The highest BCUT2D eigenvalue weighted by Crippen LogP contribution is 2.30. The van der Waals surface area contributed by atoms with E-state index < -0.39 is 5.97 Å². The summed E-state index contributed by atoms with van der Waals surface area (Å²) in [6, 6.07) is 30.0. The predicted octanol–water partition coefficient (Wildman–Crippen LogP) is 6.00. The second-order valence-corrected chi connectivity index (χ2v) is 10.5. The molecule has 4 aromatic rings. The first-order chi connectivity index (χ1) is 19.0. The molecule has 0 amide bonds. The standard InChI is InChI=1S/C33H36N4O2/c1-24(2)26-16-13-25(14-17-26)15-18-30-29(32(38)39)23-34-33(35-30)37-21-19-36(20-22-37)31(27-9-5-3-6-10-27)28-11-7-4-8-12-28/h3-14,16-17,23-24,31H,15,18-22H2,1-2H3,(H,38,39). The van der Waals surface area contributed by atoms with E-state index in [9.17, 15) is 9.90 Å². The van der Waals surface area contributed by atoms with Crippen LogP contribution in [0.2, 0.25) is 0 Å². The second-order valence-electron chi connectivity index (χ2n) is 10.5. The van der Waals surface area contributed by atoms with Crippen molar-refractivity contribution in [1.82, 2.24) is 14.9 Å². The SMILES string of the molecule is CC(C)c1ccc(CCc2nc(N3CCN(C(c4ccccc4)c4ccccc4)CC3)ncc2C(=O)O)cc1. The van der Waals surface area contributed by atoms with Crippen LogP contribution in [-0.2, 0) is 12.8 Å². The van der Waals surface area contributed by atoms with Crippen LogP contribution in [0.25, 0.3) is 0 Å². The average Bonchev–Trinajstić information content (AvgIpc) is 2.98. The monoisotopic (exact) mass is 520 g/mol. The summed E-state index contributed by atoms with van der Waals surface area (Å²) in [6.07, 6.45) is 2.77. The fraction of sp³-hybridized carbons (Fsp3) is 0.303. The molecule has 1 N–H and O–H groups in total. The Morgan fingerprint density at radius 2 is 1.38 bits per heavy atom. The third-order valence-electron chi connectivity index (χ3n) is 7.58. The molecule has 3 aromatic carbocycles. The molecule has 1 aromatic heterocycles. The van der Waals surface area contributed by atoms with Crippen LogP contribution in [0.15, 0.2) is 91.1 Å². The number of hydrogen-bond donors (Lipinski definition) is 1. The van der Waals surface area contributed by atoms with Crippen LogP contribution in [0.1, 0.15) is 64.1 Å². The number of piperazine rings is 1. The summed E-state index contributed by atoms with van der Waals surface area (Å²) in [5, 5.41) is 9.77. The number of nitrogens with zero attached hydrogens (tertiary/aromatic N) is 4. The molecule has 0 radical (unpaired) electrons. The number of aromatic nitrogens is 2. The summed E-state index contributed by atoms with van der Waals surface area (Å²) in [5.74, 6) is 0.115. The number of carboxylic acid groups (broad SMARTS) is 1. The number of anilines is 1. The molecule has 1 aliphatic heterocycles. The Morgan fingerprint density at radius 3 is 1.92 bits per heavy atom. The number of aromatic carboxylic acids is 1. The molecule has 0 unspecified atom stereocenters. The summed E-state index contributed by atoms with van der Waals surface area (Å²) in [6.45, 7) is 7.63. The van der Waals surface area contributed by atoms with Gasteiger partial charge in [-0.05, 0) is 41.0 Å². The zero-order valence-electron chi connectivity index (χ0n) is 22.7. The topological polar surface area (TPSA) is 69.6 Å². The molecule has 200 valence electrons. The van der Waals surface area contributed by atoms with Gasteiger partial charge in [0.2, 0.25) is 5.95 Å². The molecule has 0 atom stereocenters. The zero-order chi connectivity index (χ0) is 27.2. The van der Waals surface area contributed by atoms with Crippen molar-refractivity contribution in [3.63, 3.8) is 0 Å². The third kappa shape index (κ3) is 6.35. The van der Waals surface area contributed by atoms with Crippen molar-refractivity contribution >= 4 is 11.9 Å². The normalized spacial score (nSPS) is 14.2. The van der Waals surface area contributed by atoms with Gasteiger partial charge in [0.1, 0.15) is 0 Å². The first-order valence-corrected chi connectivity index (χ1v) is 13.8.